The zero-order valence-corrected chi connectivity index (χ0v) is 16.0. The van der Waals surface area contributed by atoms with Gasteiger partial charge in [-0.2, -0.15) is 0 Å². The van der Waals surface area contributed by atoms with Crippen molar-refractivity contribution in [2.24, 2.45) is 0 Å². The smallest absolute Gasteiger partial charge is 0.248 e. The minimum atomic E-state index is -0.176. The first-order valence-electron chi connectivity index (χ1n) is 9.15. The van der Waals surface area contributed by atoms with E-state index in [0.29, 0.717) is 5.02 Å². The van der Waals surface area contributed by atoms with E-state index in [9.17, 15) is 4.79 Å². The average Bonchev–Trinajstić information content (AvgIpc) is 2.65. The van der Waals surface area contributed by atoms with Crippen LogP contribution in [0.1, 0.15) is 44.6 Å². The Morgan fingerprint density at radius 2 is 1.69 bits per heavy atom. The molecule has 138 valence electrons. The van der Waals surface area contributed by atoms with E-state index in [1.54, 1.807) is 18.2 Å². The number of carbonyl (C=O) groups excluding carboxylic acids is 1. The van der Waals surface area contributed by atoms with Crippen molar-refractivity contribution in [3.05, 3.63) is 65.2 Å². The monoisotopic (exact) mass is 371 g/mol. The zero-order chi connectivity index (χ0) is 18.6. The molecule has 2 rings (SSSR count). The van der Waals surface area contributed by atoms with Gasteiger partial charge in [-0.15, -0.1) is 0 Å². The first kappa shape index (κ1) is 20.1. The van der Waals surface area contributed by atoms with Gasteiger partial charge in [0.15, 0.2) is 0 Å². The Bertz CT molecular complexity index is 693. The number of unbranched alkanes of at least 4 members (excludes halogenated alkanes) is 4. The van der Waals surface area contributed by atoms with Gasteiger partial charge in [0.25, 0.3) is 0 Å². The maximum Gasteiger partial charge on any atom is 0.248 e. The normalized spacial score (nSPS) is 10.8. The van der Waals surface area contributed by atoms with Gasteiger partial charge >= 0.3 is 0 Å². The van der Waals surface area contributed by atoms with Gasteiger partial charge in [0.05, 0.1) is 6.61 Å². The minimum absolute atomic E-state index is 0.176. The largest absolute Gasteiger partial charge is 0.494 e. The molecule has 0 spiro atoms. The molecule has 0 heterocycles. The first-order valence-corrected chi connectivity index (χ1v) is 9.52. The Balaban J connectivity index is 1.73. The van der Waals surface area contributed by atoms with Gasteiger partial charge in [0.2, 0.25) is 5.91 Å². The van der Waals surface area contributed by atoms with Gasteiger partial charge in [0.1, 0.15) is 5.75 Å². The fourth-order valence-corrected chi connectivity index (χ4v) is 2.59. The van der Waals surface area contributed by atoms with E-state index in [-0.39, 0.29) is 5.91 Å². The molecular weight excluding hydrogens is 346 g/mol. The van der Waals surface area contributed by atoms with Crippen LogP contribution in [0.15, 0.2) is 54.6 Å². The lowest BCUT2D eigenvalue weighted by Gasteiger charge is -2.07. The lowest BCUT2D eigenvalue weighted by Crippen LogP contribution is -2.07. The number of hydrogen-bond donors (Lipinski definition) is 1. The van der Waals surface area contributed by atoms with Crippen molar-refractivity contribution in [3.63, 3.8) is 0 Å². The third-order valence-electron chi connectivity index (χ3n) is 3.94. The second-order valence-electron chi connectivity index (χ2n) is 6.16. The number of anilines is 1. The first-order chi connectivity index (χ1) is 12.7. The summed E-state index contributed by atoms with van der Waals surface area (Å²) in [6.45, 7) is 2.95. The van der Waals surface area contributed by atoms with Gasteiger partial charge in [-0.25, -0.2) is 0 Å². The van der Waals surface area contributed by atoms with E-state index in [1.807, 2.05) is 36.4 Å². The zero-order valence-electron chi connectivity index (χ0n) is 15.2. The summed E-state index contributed by atoms with van der Waals surface area (Å²) < 4.78 is 5.72. The van der Waals surface area contributed by atoms with Crippen LogP contribution in [0.2, 0.25) is 5.02 Å². The second-order valence-corrected chi connectivity index (χ2v) is 6.60. The van der Waals surface area contributed by atoms with Crippen molar-refractivity contribution >= 4 is 29.3 Å². The maximum atomic E-state index is 12.0. The standard InChI is InChI=1S/C22H26ClNO2/c1-2-3-4-5-6-17-26-21-14-12-20(13-15-21)24-22(25)16-9-18-7-10-19(23)11-8-18/h7-16H,2-6,17H2,1H3,(H,24,25)/b16-9+. The molecule has 0 bridgehead atoms. The number of benzene rings is 2. The number of hydrogen-bond acceptors (Lipinski definition) is 2. The molecule has 0 aliphatic rings. The molecule has 0 fully saturated rings. The highest BCUT2D eigenvalue weighted by Crippen LogP contribution is 2.17. The molecule has 2 aromatic rings. The average molecular weight is 372 g/mol. The van der Waals surface area contributed by atoms with Crippen molar-refractivity contribution in [1.82, 2.24) is 0 Å². The Morgan fingerprint density at radius 3 is 2.38 bits per heavy atom. The van der Waals surface area contributed by atoms with Crippen LogP contribution in [0.3, 0.4) is 0 Å². The Labute approximate surface area is 161 Å². The van der Waals surface area contributed by atoms with Crippen LogP contribution in [-0.2, 0) is 4.79 Å². The highest BCUT2D eigenvalue weighted by molar-refractivity contribution is 6.30. The van der Waals surface area contributed by atoms with Gasteiger partial charge < -0.3 is 10.1 Å². The van der Waals surface area contributed by atoms with Gasteiger partial charge in [0, 0.05) is 16.8 Å². The number of rotatable bonds is 10. The molecule has 0 unspecified atom stereocenters. The highest BCUT2D eigenvalue weighted by atomic mass is 35.5. The Morgan fingerprint density at radius 1 is 1.00 bits per heavy atom. The molecule has 0 saturated heterocycles. The third-order valence-corrected chi connectivity index (χ3v) is 4.19. The minimum Gasteiger partial charge on any atom is -0.494 e. The SMILES string of the molecule is CCCCCCCOc1ccc(NC(=O)/C=C/c2ccc(Cl)cc2)cc1. The Hall–Kier alpha value is -2.26. The molecule has 0 aliphatic heterocycles. The van der Waals surface area contributed by atoms with Crippen molar-refractivity contribution in [3.8, 4) is 5.75 Å². The third kappa shape index (κ3) is 7.75. The maximum absolute atomic E-state index is 12.0. The van der Waals surface area contributed by atoms with Crippen molar-refractivity contribution < 1.29 is 9.53 Å². The van der Waals surface area contributed by atoms with Crippen LogP contribution < -0.4 is 10.1 Å². The summed E-state index contributed by atoms with van der Waals surface area (Å²) >= 11 is 5.84. The molecule has 1 N–H and O–H groups in total. The van der Waals surface area contributed by atoms with E-state index in [0.717, 1.165) is 30.0 Å². The molecular formula is C22H26ClNO2. The number of ether oxygens (including phenoxy) is 1. The number of carbonyl (C=O) groups is 1. The fraction of sp³-hybridized carbons (Fsp3) is 0.318. The second kappa shape index (κ2) is 11.4. The number of halogens is 1. The molecule has 0 saturated carbocycles. The lowest BCUT2D eigenvalue weighted by atomic mass is 10.2. The van der Waals surface area contributed by atoms with Crippen LogP contribution in [0.5, 0.6) is 5.75 Å². The summed E-state index contributed by atoms with van der Waals surface area (Å²) in [4.78, 5) is 12.0. The summed E-state index contributed by atoms with van der Waals surface area (Å²) in [5.74, 6) is 0.653. The summed E-state index contributed by atoms with van der Waals surface area (Å²) in [7, 11) is 0. The topological polar surface area (TPSA) is 38.3 Å². The summed E-state index contributed by atoms with van der Waals surface area (Å²) in [6, 6.07) is 14.8. The molecule has 0 aliphatic carbocycles. The molecule has 0 atom stereocenters. The van der Waals surface area contributed by atoms with Gasteiger partial charge in [-0.1, -0.05) is 56.3 Å². The highest BCUT2D eigenvalue weighted by Gasteiger charge is 2.00. The van der Waals surface area contributed by atoms with Crippen molar-refractivity contribution in [1.29, 1.82) is 0 Å². The predicted octanol–water partition coefficient (Wildman–Crippen LogP) is 6.34. The van der Waals surface area contributed by atoms with Gasteiger partial charge in [-0.05, 0) is 54.5 Å². The van der Waals surface area contributed by atoms with Crippen LogP contribution in [-0.4, -0.2) is 12.5 Å². The van der Waals surface area contributed by atoms with E-state index in [2.05, 4.69) is 12.2 Å². The van der Waals surface area contributed by atoms with Crippen LogP contribution in [0, 0.1) is 0 Å². The van der Waals surface area contributed by atoms with Crippen LogP contribution >= 0.6 is 11.6 Å². The number of amides is 1. The van der Waals surface area contributed by atoms with E-state index in [1.165, 1.54) is 31.8 Å². The van der Waals surface area contributed by atoms with Gasteiger partial charge in [-0.3, -0.25) is 4.79 Å². The molecule has 2 aromatic carbocycles. The summed E-state index contributed by atoms with van der Waals surface area (Å²) in [5, 5.41) is 3.51. The van der Waals surface area contributed by atoms with Crippen LogP contribution in [0.25, 0.3) is 6.08 Å². The lowest BCUT2D eigenvalue weighted by molar-refractivity contribution is -0.111. The van der Waals surface area contributed by atoms with E-state index in [4.69, 9.17) is 16.3 Å². The molecule has 0 aromatic heterocycles. The molecule has 3 nitrogen and oxygen atoms in total. The fourth-order valence-electron chi connectivity index (χ4n) is 2.46. The molecule has 4 heteroatoms. The molecule has 1 amide bonds. The summed E-state index contributed by atoms with van der Waals surface area (Å²) in [5.41, 5.74) is 1.67. The molecule has 0 radical (unpaired) electrons. The predicted molar refractivity (Wildman–Crippen MR) is 110 cm³/mol. The summed E-state index contributed by atoms with van der Waals surface area (Å²) in [6.07, 6.45) is 9.36. The quantitative estimate of drug-likeness (QED) is 0.390. The Kier molecular flexibility index (Phi) is 8.77. The number of nitrogens with one attached hydrogen (secondary N) is 1. The van der Waals surface area contributed by atoms with Crippen molar-refractivity contribution in [2.45, 2.75) is 39.0 Å². The van der Waals surface area contributed by atoms with E-state index >= 15 is 0 Å². The van der Waals surface area contributed by atoms with Crippen molar-refractivity contribution in [2.75, 3.05) is 11.9 Å². The van der Waals surface area contributed by atoms with E-state index < -0.39 is 0 Å². The molecule has 26 heavy (non-hydrogen) atoms. The van der Waals surface area contributed by atoms with Crippen LogP contribution in [0.4, 0.5) is 5.69 Å².